The Kier molecular flexibility index (Phi) is 3.54. The normalized spacial score (nSPS) is 18.5. The Hall–Kier alpha value is -1.11. The molecule has 0 bridgehead atoms. The lowest BCUT2D eigenvalue weighted by atomic mass is 9.89. The van der Waals surface area contributed by atoms with Gasteiger partial charge in [0.05, 0.1) is 0 Å². The maximum absolute atomic E-state index is 13.3. The molecule has 1 heteroatoms. The van der Waals surface area contributed by atoms with E-state index in [0.29, 0.717) is 11.5 Å². The minimum Gasteiger partial charge on any atom is -0.206 e. The average molecular weight is 204 g/mol. The molecule has 1 fully saturated rings. The van der Waals surface area contributed by atoms with Gasteiger partial charge in [0.1, 0.15) is 5.82 Å². The van der Waals surface area contributed by atoms with Gasteiger partial charge in [-0.1, -0.05) is 49.6 Å². The molecule has 1 saturated carbocycles. The van der Waals surface area contributed by atoms with Crippen molar-refractivity contribution in [2.24, 2.45) is 5.92 Å². The van der Waals surface area contributed by atoms with E-state index in [-0.39, 0.29) is 5.82 Å². The molecule has 15 heavy (non-hydrogen) atoms. The minimum absolute atomic E-state index is 0.121. The predicted octanol–water partition coefficient (Wildman–Crippen LogP) is 4.42. The second-order valence-electron chi connectivity index (χ2n) is 4.28. The second kappa shape index (κ2) is 5.11. The van der Waals surface area contributed by atoms with Gasteiger partial charge in [-0.2, -0.15) is 0 Å². The Balaban J connectivity index is 2.01. The molecule has 0 saturated heterocycles. The van der Waals surface area contributed by atoms with Crippen molar-refractivity contribution in [2.45, 2.75) is 32.1 Å². The molecule has 1 aromatic carbocycles. The molecule has 0 aliphatic heterocycles. The summed E-state index contributed by atoms with van der Waals surface area (Å²) in [6, 6.07) is 6.95. The highest BCUT2D eigenvalue weighted by atomic mass is 19.1. The highest BCUT2D eigenvalue weighted by Gasteiger charge is 2.09. The van der Waals surface area contributed by atoms with Gasteiger partial charge in [-0.25, -0.2) is 4.39 Å². The summed E-state index contributed by atoms with van der Waals surface area (Å²) < 4.78 is 13.3. The van der Waals surface area contributed by atoms with E-state index in [1.807, 2.05) is 18.2 Å². The Bertz CT molecular complexity index is 335. The zero-order chi connectivity index (χ0) is 10.5. The first-order chi connectivity index (χ1) is 7.36. The van der Waals surface area contributed by atoms with Crippen LogP contribution in [-0.2, 0) is 0 Å². The summed E-state index contributed by atoms with van der Waals surface area (Å²) >= 11 is 0. The molecule has 0 amide bonds. The van der Waals surface area contributed by atoms with Crippen molar-refractivity contribution in [3.63, 3.8) is 0 Å². The highest BCUT2D eigenvalue weighted by Crippen LogP contribution is 2.25. The van der Waals surface area contributed by atoms with Crippen LogP contribution < -0.4 is 0 Å². The second-order valence-corrected chi connectivity index (χ2v) is 4.28. The van der Waals surface area contributed by atoms with E-state index in [1.54, 1.807) is 6.07 Å². The van der Waals surface area contributed by atoms with Crippen molar-refractivity contribution in [1.29, 1.82) is 0 Å². The van der Waals surface area contributed by atoms with E-state index in [2.05, 4.69) is 6.08 Å². The topological polar surface area (TPSA) is 0 Å². The molecule has 1 aromatic rings. The Morgan fingerprint density at radius 2 is 1.80 bits per heavy atom. The molecule has 2 rings (SSSR count). The minimum atomic E-state index is -0.121. The predicted molar refractivity (Wildman–Crippen MR) is 62.0 cm³/mol. The van der Waals surface area contributed by atoms with Crippen LogP contribution in [0.15, 0.2) is 30.3 Å². The number of hydrogen-bond donors (Lipinski definition) is 0. The monoisotopic (exact) mass is 204 g/mol. The van der Waals surface area contributed by atoms with Crippen LogP contribution >= 0.6 is 0 Å². The van der Waals surface area contributed by atoms with E-state index in [4.69, 9.17) is 0 Å². The molecule has 0 unspecified atom stereocenters. The van der Waals surface area contributed by atoms with Crippen LogP contribution in [0.25, 0.3) is 6.08 Å². The van der Waals surface area contributed by atoms with E-state index in [0.717, 1.165) is 0 Å². The Morgan fingerprint density at radius 3 is 2.53 bits per heavy atom. The summed E-state index contributed by atoms with van der Waals surface area (Å²) in [5.74, 6) is 0.544. The van der Waals surface area contributed by atoms with E-state index >= 15 is 0 Å². The first-order valence-corrected chi connectivity index (χ1v) is 5.79. The van der Waals surface area contributed by atoms with Crippen molar-refractivity contribution >= 4 is 6.08 Å². The summed E-state index contributed by atoms with van der Waals surface area (Å²) in [6.07, 6.45) is 10.7. The quantitative estimate of drug-likeness (QED) is 0.669. The van der Waals surface area contributed by atoms with Crippen LogP contribution in [0, 0.1) is 11.7 Å². The fraction of sp³-hybridized carbons (Fsp3) is 0.429. The summed E-state index contributed by atoms with van der Waals surface area (Å²) in [6.45, 7) is 0. The van der Waals surface area contributed by atoms with Gasteiger partial charge in [0, 0.05) is 5.56 Å². The molecule has 0 atom stereocenters. The van der Waals surface area contributed by atoms with Gasteiger partial charge in [0.25, 0.3) is 0 Å². The lowest BCUT2D eigenvalue weighted by molar-refractivity contribution is 0.420. The van der Waals surface area contributed by atoms with Crippen LogP contribution in [0.5, 0.6) is 0 Å². The number of halogens is 1. The highest BCUT2D eigenvalue weighted by molar-refractivity contribution is 5.49. The first kappa shape index (κ1) is 10.4. The molecule has 0 nitrogen and oxygen atoms in total. The summed E-state index contributed by atoms with van der Waals surface area (Å²) in [4.78, 5) is 0. The molecule has 0 spiro atoms. The third-order valence-electron chi connectivity index (χ3n) is 3.10. The van der Waals surface area contributed by atoms with Gasteiger partial charge in [-0.15, -0.1) is 0 Å². The van der Waals surface area contributed by atoms with Crippen LogP contribution in [0.2, 0.25) is 0 Å². The SMILES string of the molecule is Fc1ccccc1C=CC1CCCCC1. The fourth-order valence-corrected chi connectivity index (χ4v) is 2.18. The third-order valence-corrected chi connectivity index (χ3v) is 3.10. The molecule has 1 aliphatic rings. The standard InChI is InChI=1S/C14H17F/c15-14-9-5-4-8-13(14)11-10-12-6-2-1-3-7-12/h4-5,8-12H,1-3,6-7H2. The molecule has 80 valence electrons. The lowest BCUT2D eigenvalue weighted by Crippen LogP contribution is -2.02. The Morgan fingerprint density at radius 1 is 1.07 bits per heavy atom. The van der Waals surface area contributed by atoms with Crippen molar-refractivity contribution in [1.82, 2.24) is 0 Å². The number of hydrogen-bond acceptors (Lipinski definition) is 0. The zero-order valence-electron chi connectivity index (χ0n) is 8.95. The summed E-state index contributed by atoms with van der Waals surface area (Å²) in [5, 5.41) is 0. The van der Waals surface area contributed by atoms with E-state index in [9.17, 15) is 4.39 Å². The maximum atomic E-state index is 13.3. The van der Waals surface area contributed by atoms with Crippen molar-refractivity contribution in [2.75, 3.05) is 0 Å². The van der Waals surface area contributed by atoms with Crippen LogP contribution in [-0.4, -0.2) is 0 Å². The molecule has 1 aliphatic carbocycles. The lowest BCUT2D eigenvalue weighted by Gasteiger charge is -2.17. The molecule has 0 aromatic heterocycles. The zero-order valence-corrected chi connectivity index (χ0v) is 8.95. The number of rotatable bonds is 2. The molecule has 0 heterocycles. The third kappa shape index (κ3) is 2.92. The van der Waals surface area contributed by atoms with Gasteiger partial charge < -0.3 is 0 Å². The van der Waals surface area contributed by atoms with Gasteiger partial charge in [-0.3, -0.25) is 0 Å². The van der Waals surface area contributed by atoms with E-state index in [1.165, 1.54) is 38.2 Å². The van der Waals surface area contributed by atoms with Crippen molar-refractivity contribution in [3.05, 3.63) is 41.7 Å². The maximum Gasteiger partial charge on any atom is 0.130 e. The molecule has 0 N–H and O–H groups in total. The number of allylic oxidation sites excluding steroid dienone is 1. The van der Waals surface area contributed by atoms with E-state index < -0.39 is 0 Å². The first-order valence-electron chi connectivity index (χ1n) is 5.79. The smallest absolute Gasteiger partial charge is 0.130 e. The van der Waals surface area contributed by atoms with Crippen LogP contribution in [0.1, 0.15) is 37.7 Å². The van der Waals surface area contributed by atoms with Gasteiger partial charge in [0.2, 0.25) is 0 Å². The molecular formula is C14H17F. The average Bonchev–Trinajstić information content (AvgIpc) is 2.29. The van der Waals surface area contributed by atoms with Crippen LogP contribution in [0.4, 0.5) is 4.39 Å². The largest absolute Gasteiger partial charge is 0.206 e. The Labute approximate surface area is 90.8 Å². The number of benzene rings is 1. The van der Waals surface area contributed by atoms with Gasteiger partial charge >= 0.3 is 0 Å². The summed E-state index contributed by atoms with van der Waals surface area (Å²) in [7, 11) is 0. The van der Waals surface area contributed by atoms with Crippen molar-refractivity contribution < 1.29 is 4.39 Å². The van der Waals surface area contributed by atoms with Gasteiger partial charge in [0.15, 0.2) is 0 Å². The van der Waals surface area contributed by atoms with Crippen molar-refractivity contribution in [3.8, 4) is 0 Å². The van der Waals surface area contributed by atoms with Crippen LogP contribution in [0.3, 0.4) is 0 Å². The summed E-state index contributed by atoms with van der Waals surface area (Å²) in [5.41, 5.74) is 0.711. The molecule has 0 radical (unpaired) electrons. The fourth-order valence-electron chi connectivity index (χ4n) is 2.18. The molecular weight excluding hydrogens is 187 g/mol. The van der Waals surface area contributed by atoms with Gasteiger partial charge in [-0.05, 0) is 24.8 Å².